The molecule has 0 spiro atoms. The van der Waals surface area contributed by atoms with E-state index in [4.69, 9.17) is 4.55 Å². The predicted octanol–water partition coefficient (Wildman–Crippen LogP) is 0.402. The molecule has 0 fully saturated rings. The minimum Gasteiger partial charge on any atom is -0.318 e. The maximum Gasteiger partial charge on any atom is 0.296 e. The molecule has 0 radical (unpaired) electrons. The molecule has 2 N–H and O–H groups in total. The number of ketones is 1. The van der Waals surface area contributed by atoms with Gasteiger partial charge in [-0.2, -0.15) is 0 Å². The van der Waals surface area contributed by atoms with E-state index in [9.17, 15) is 13.8 Å². The first-order chi connectivity index (χ1) is 6.61. The Bertz CT molecular complexity index is 468. The summed E-state index contributed by atoms with van der Waals surface area (Å²) in [5, 5.41) is 2.31. The van der Waals surface area contributed by atoms with Crippen LogP contribution in [0.4, 0.5) is 5.69 Å². The molecule has 5 nitrogen and oxygen atoms in total. The molecule has 0 saturated heterocycles. The van der Waals surface area contributed by atoms with Crippen molar-refractivity contribution in [3.8, 4) is 0 Å². The van der Waals surface area contributed by atoms with Crippen LogP contribution in [0.5, 0.6) is 0 Å². The molecule has 1 atom stereocenters. The summed E-state index contributed by atoms with van der Waals surface area (Å²) in [5.41, 5.74) is 0.290. The van der Waals surface area contributed by atoms with Gasteiger partial charge in [0.25, 0.3) is 11.7 Å². The largest absolute Gasteiger partial charge is 0.318 e. The summed E-state index contributed by atoms with van der Waals surface area (Å²) >= 11 is -2.26. The summed E-state index contributed by atoms with van der Waals surface area (Å²) in [7, 11) is 0. The van der Waals surface area contributed by atoms with E-state index in [-0.39, 0.29) is 10.5 Å². The lowest BCUT2D eigenvalue weighted by Gasteiger charge is -2.00. The van der Waals surface area contributed by atoms with Crippen molar-refractivity contribution in [1.29, 1.82) is 0 Å². The van der Waals surface area contributed by atoms with Crippen molar-refractivity contribution >= 4 is 28.5 Å². The maximum absolute atomic E-state index is 11.3. The number of carbonyl (C=O) groups excluding carboxylic acids is 2. The molecular formula is C8H5NO4S. The molecule has 0 aromatic heterocycles. The van der Waals surface area contributed by atoms with Gasteiger partial charge in [-0.1, -0.05) is 6.07 Å². The van der Waals surface area contributed by atoms with Crippen molar-refractivity contribution in [1.82, 2.24) is 0 Å². The smallest absolute Gasteiger partial charge is 0.296 e. The number of Topliss-reactive ketones (excluding diaryl/α,β-unsaturated/α-hetero) is 1. The summed E-state index contributed by atoms with van der Waals surface area (Å²) in [6, 6.07) is 4.35. The number of anilines is 1. The average Bonchev–Trinajstić information content (AvgIpc) is 2.43. The highest BCUT2D eigenvalue weighted by Crippen LogP contribution is 2.27. The Morgan fingerprint density at radius 3 is 2.64 bits per heavy atom. The van der Waals surface area contributed by atoms with Crippen LogP contribution in [0.15, 0.2) is 23.1 Å². The van der Waals surface area contributed by atoms with Crippen molar-refractivity contribution in [3.63, 3.8) is 0 Å². The van der Waals surface area contributed by atoms with Crippen molar-refractivity contribution < 1.29 is 18.4 Å². The lowest BCUT2D eigenvalue weighted by Crippen LogP contribution is -2.13. The predicted molar refractivity (Wildman–Crippen MR) is 48.4 cm³/mol. The fourth-order valence-electron chi connectivity index (χ4n) is 1.31. The average molecular weight is 211 g/mol. The number of nitrogens with one attached hydrogen (secondary N) is 1. The Hall–Kier alpha value is -1.53. The van der Waals surface area contributed by atoms with Crippen LogP contribution in [0.3, 0.4) is 0 Å². The molecule has 6 heteroatoms. The third-order valence-corrected chi connectivity index (χ3v) is 2.61. The molecule has 14 heavy (non-hydrogen) atoms. The SMILES string of the molecule is O=C1Nc2cccc(S(=O)O)c2C1=O. The number of fused-ring (bicyclic) bond motifs is 1. The van der Waals surface area contributed by atoms with Crippen LogP contribution in [0.25, 0.3) is 0 Å². The number of benzene rings is 1. The van der Waals surface area contributed by atoms with E-state index in [1.807, 2.05) is 0 Å². The molecule has 0 aliphatic carbocycles. The quantitative estimate of drug-likeness (QED) is 0.520. The zero-order chi connectivity index (χ0) is 10.3. The van der Waals surface area contributed by atoms with Crippen LogP contribution < -0.4 is 5.32 Å². The van der Waals surface area contributed by atoms with Gasteiger partial charge in [0, 0.05) is 0 Å². The van der Waals surface area contributed by atoms with Gasteiger partial charge in [0.15, 0.2) is 11.1 Å². The van der Waals surface area contributed by atoms with Crippen LogP contribution in [0.1, 0.15) is 10.4 Å². The summed E-state index contributed by atoms with van der Waals surface area (Å²) in [6.45, 7) is 0. The van der Waals surface area contributed by atoms with Crippen LogP contribution in [-0.4, -0.2) is 20.5 Å². The molecule has 1 aromatic carbocycles. The van der Waals surface area contributed by atoms with E-state index in [0.717, 1.165) is 0 Å². The monoisotopic (exact) mass is 211 g/mol. The third-order valence-electron chi connectivity index (χ3n) is 1.90. The van der Waals surface area contributed by atoms with Gasteiger partial charge in [0.2, 0.25) is 0 Å². The fourth-order valence-corrected chi connectivity index (χ4v) is 1.88. The fraction of sp³-hybridized carbons (Fsp3) is 0. The minimum absolute atomic E-state index is 0.00154. The van der Waals surface area contributed by atoms with Gasteiger partial charge in [-0.05, 0) is 12.1 Å². The number of hydrogen-bond acceptors (Lipinski definition) is 3. The minimum atomic E-state index is -2.26. The molecule has 72 valence electrons. The molecule has 1 aliphatic rings. The van der Waals surface area contributed by atoms with E-state index in [1.54, 1.807) is 0 Å². The van der Waals surface area contributed by atoms with E-state index < -0.39 is 22.8 Å². The van der Waals surface area contributed by atoms with Crippen LogP contribution in [-0.2, 0) is 15.9 Å². The van der Waals surface area contributed by atoms with E-state index in [2.05, 4.69) is 5.32 Å². The second-order valence-electron chi connectivity index (χ2n) is 2.71. The van der Waals surface area contributed by atoms with Crippen molar-refractivity contribution in [2.45, 2.75) is 4.90 Å². The Kier molecular flexibility index (Phi) is 1.94. The topological polar surface area (TPSA) is 83.5 Å². The Labute approximate surface area is 81.4 Å². The normalized spacial score (nSPS) is 16.4. The summed E-state index contributed by atoms with van der Waals surface area (Å²) in [4.78, 5) is 22.2. The van der Waals surface area contributed by atoms with Gasteiger partial charge in [-0.15, -0.1) is 0 Å². The van der Waals surface area contributed by atoms with Gasteiger partial charge < -0.3 is 9.87 Å². The first-order valence-electron chi connectivity index (χ1n) is 3.71. The molecule has 1 aliphatic heterocycles. The van der Waals surface area contributed by atoms with Crippen molar-refractivity contribution in [3.05, 3.63) is 23.8 Å². The molecular weight excluding hydrogens is 206 g/mol. The molecule has 0 saturated carbocycles. The van der Waals surface area contributed by atoms with E-state index in [1.165, 1.54) is 18.2 Å². The lowest BCUT2D eigenvalue weighted by molar-refractivity contribution is -0.112. The third kappa shape index (κ3) is 1.16. The number of amides is 1. The summed E-state index contributed by atoms with van der Waals surface area (Å²) < 4.78 is 19.7. The number of hydrogen-bond donors (Lipinski definition) is 2. The van der Waals surface area contributed by atoms with Crippen molar-refractivity contribution in [2.24, 2.45) is 0 Å². The summed E-state index contributed by atoms with van der Waals surface area (Å²) in [6.07, 6.45) is 0. The Morgan fingerprint density at radius 2 is 2.00 bits per heavy atom. The molecule has 1 heterocycles. The van der Waals surface area contributed by atoms with Gasteiger partial charge >= 0.3 is 0 Å². The molecule has 0 bridgehead atoms. The second kappa shape index (κ2) is 3.00. The van der Waals surface area contributed by atoms with E-state index >= 15 is 0 Å². The Balaban J connectivity index is 2.70. The molecule has 2 rings (SSSR count). The van der Waals surface area contributed by atoms with Crippen LogP contribution in [0.2, 0.25) is 0 Å². The summed E-state index contributed by atoms with van der Waals surface area (Å²) in [5.74, 6) is -1.53. The van der Waals surface area contributed by atoms with Gasteiger partial charge in [0.05, 0.1) is 16.1 Å². The van der Waals surface area contributed by atoms with Crippen molar-refractivity contribution in [2.75, 3.05) is 5.32 Å². The van der Waals surface area contributed by atoms with Gasteiger partial charge in [-0.25, -0.2) is 4.21 Å². The van der Waals surface area contributed by atoms with Crippen LogP contribution >= 0.6 is 0 Å². The van der Waals surface area contributed by atoms with Crippen LogP contribution in [0, 0.1) is 0 Å². The highest BCUT2D eigenvalue weighted by atomic mass is 32.2. The lowest BCUT2D eigenvalue weighted by atomic mass is 10.1. The zero-order valence-corrected chi connectivity index (χ0v) is 7.63. The standard InChI is InChI=1S/C8H5NO4S/c10-7-6-4(9-8(7)11)2-1-3-5(6)14(12)13/h1-3H,(H,12,13)(H,9,10,11). The maximum atomic E-state index is 11.3. The second-order valence-corrected chi connectivity index (χ2v) is 3.65. The first-order valence-corrected chi connectivity index (χ1v) is 4.81. The zero-order valence-electron chi connectivity index (χ0n) is 6.81. The highest BCUT2D eigenvalue weighted by Gasteiger charge is 2.31. The van der Waals surface area contributed by atoms with Gasteiger partial charge in [-0.3, -0.25) is 9.59 Å². The molecule has 1 unspecified atom stereocenters. The molecule has 1 amide bonds. The highest BCUT2D eigenvalue weighted by molar-refractivity contribution is 7.79. The van der Waals surface area contributed by atoms with Gasteiger partial charge in [0.1, 0.15) is 0 Å². The Morgan fingerprint density at radius 1 is 1.29 bits per heavy atom. The first kappa shape index (κ1) is 9.04. The van der Waals surface area contributed by atoms with E-state index in [0.29, 0.717) is 5.69 Å². The number of carbonyl (C=O) groups is 2. The molecule has 1 aromatic rings. The number of rotatable bonds is 1.